The Balaban J connectivity index is 2.62. The molecule has 1 aliphatic rings. The molecule has 4 heteroatoms. The molecular weight excluding hydrogens is 186 g/mol. The van der Waals surface area contributed by atoms with E-state index >= 15 is 0 Å². The van der Waals surface area contributed by atoms with Crippen molar-refractivity contribution in [1.82, 2.24) is 0 Å². The van der Waals surface area contributed by atoms with Gasteiger partial charge in [-0.3, -0.25) is 0 Å². The van der Waals surface area contributed by atoms with Gasteiger partial charge in [0, 0.05) is 0 Å². The van der Waals surface area contributed by atoms with Crippen molar-refractivity contribution in [1.29, 1.82) is 0 Å². The fourth-order valence-electron chi connectivity index (χ4n) is 2.08. The maximum atomic E-state index is 11.1. The Morgan fingerprint density at radius 2 is 1.92 bits per heavy atom. The molecule has 1 saturated carbocycles. The molecule has 1 fully saturated rings. The number of hydrogen-bond donors (Lipinski definition) is 1. The first-order chi connectivity index (χ1) is 5.91. The van der Waals surface area contributed by atoms with E-state index < -0.39 is 10.0 Å². The molecule has 0 aromatic carbocycles. The average Bonchev–Trinajstić information content (AvgIpc) is 2.03. The van der Waals surface area contributed by atoms with Crippen LogP contribution in [0.2, 0.25) is 0 Å². The lowest BCUT2D eigenvalue weighted by Gasteiger charge is -2.30. The third kappa shape index (κ3) is 2.95. The van der Waals surface area contributed by atoms with Gasteiger partial charge in [0.05, 0.1) is 5.25 Å². The van der Waals surface area contributed by atoms with Gasteiger partial charge in [0.2, 0.25) is 10.0 Å². The van der Waals surface area contributed by atoms with Crippen LogP contribution < -0.4 is 5.14 Å². The first-order valence-electron chi connectivity index (χ1n) is 4.93. The van der Waals surface area contributed by atoms with Gasteiger partial charge >= 0.3 is 0 Å². The zero-order valence-corrected chi connectivity index (χ0v) is 9.18. The Morgan fingerprint density at radius 3 is 2.38 bits per heavy atom. The largest absolute Gasteiger partial charge is 0.228 e. The Morgan fingerprint density at radius 1 is 1.31 bits per heavy atom. The van der Waals surface area contributed by atoms with Gasteiger partial charge in [-0.25, -0.2) is 13.6 Å². The zero-order valence-electron chi connectivity index (χ0n) is 8.36. The van der Waals surface area contributed by atoms with Gasteiger partial charge in [0.15, 0.2) is 0 Å². The van der Waals surface area contributed by atoms with Gasteiger partial charge in [0.1, 0.15) is 0 Å². The molecule has 2 N–H and O–H groups in total. The van der Waals surface area contributed by atoms with Crippen molar-refractivity contribution >= 4 is 10.0 Å². The highest BCUT2D eigenvalue weighted by atomic mass is 32.2. The Bertz CT molecular complexity index is 259. The third-order valence-electron chi connectivity index (χ3n) is 3.07. The molecule has 0 bridgehead atoms. The molecule has 0 radical (unpaired) electrons. The predicted octanol–water partition coefficient (Wildman–Crippen LogP) is 1.49. The second kappa shape index (κ2) is 3.96. The molecule has 0 saturated heterocycles. The van der Waals surface area contributed by atoms with E-state index in [1.165, 1.54) is 0 Å². The molecule has 1 rings (SSSR count). The molecule has 2 unspecified atom stereocenters. The highest BCUT2D eigenvalue weighted by Gasteiger charge is 2.30. The van der Waals surface area contributed by atoms with Crippen LogP contribution in [0.25, 0.3) is 0 Å². The number of primary sulfonamides is 1. The van der Waals surface area contributed by atoms with Crippen LogP contribution in [0.1, 0.15) is 39.5 Å². The van der Waals surface area contributed by atoms with Crippen LogP contribution in [-0.2, 0) is 10.0 Å². The summed E-state index contributed by atoms with van der Waals surface area (Å²) in [5.41, 5.74) is 0. The summed E-state index contributed by atoms with van der Waals surface area (Å²) >= 11 is 0. The smallest absolute Gasteiger partial charge is 0.211 e. The van der Waals surface area contributed by atoms with E-state index in [0.29, 0.717) is 11.8 Å². The topological polar surface area (TPSA) is 60.2 Å². The second-order valence-electron chi connectivity index (χ2n) is 4.38. The van der Waals surface area contributed by atoms with Crippen LogP contribution in [0.4, 0.5) is 0 Å². The highest BCUT2D eigenvalue weighted by Crippen LogP contribution is 2.32. The van der Waals surface area contributed by atoms with E-state index in [9.17, 15) is 8.42 Å². The lowest BCUT2D eigenvalue weighted by molar-refractivity contribution is 0.280. The van der Waals surface area contributed by atoms with E-state index in [0.717, 1.165) is 25.7 Å². The summed E-state index contributed by atoms with van der Waals surface area (Å²) < 4.78 is 22.3. The van der Waals surface area contributed by atoms with Crippen LogP contribution >= 0.6 is 0 Å². The van der Waals surface area contributed by atoms with Crippen LogP contribution in [0.3, 0.4) is 0 Å². The first kappa shape index (κ1) is 11.0. The standard InChI is InChI=1S/C9H19NO2S/c1-7(2)8-4-3-5-9(6-8)13(10,11)12/h7-9H,3-6H2,1-2H3,(H2,10,11,12). The minimum absolute atomic E-state index is 0.284. The number of hydrogen-bond acceptors (Lipinski definition) is 2. The summed E-state index contributed by atoms with van der Waals surface area (Å²) in [4.78, 5) is 0. The molecule has 0 amide bonds. The summed E-state index contributed by atoms with van der Waals surface area (Å²) in [5.74, 6) is 1.11. The van der Waals surface area contributed by atoms with E-state index in [1.54, 1.807) is 0 Å². The highest BCUT2D eigenvalue weighted by molar-refractivity contribution is 7.89. The van der Waals surface area contributed by atoms with Crippen molar-refractivity contribution in [2.45, 2.75) is 44.8 Å². The third-order valence-corrected chi connectivity index (χ3v) is 4.43. The SMILES string of the molecule is CC(C)C1CCCC(S(N)(=O)=O)C1. The Labute approximate surface area is 80.8 Å². The van der Waals surface area contributed by atoms with E-state index in [-0.39, 0.29) is 5.25 Å². The molecule has 13 heavy (non-hydrogen) atoms. The summed E-state index contributed by atoms with van der Waals surface area (Å²) in [7, 11) is -3.29. The van der Waals surface area contributed by atoms with Crippen LogP contribution in [-0.4, -0.2) is 13.7 Å². The van der Waals surface area contributed by atoms with Gasteiger partial charge in [-0.2, -0.15) is 0 Å². The van der Waals surface area contributed by atoms with Gasteiger partial charge in [-0.05, 0) is 24.7 Å². The Hall–Kier alpha value is -0.0900. The minimum Gasteiger partial charge on any atom is -0.228 e. The first-order valence-corrected chi connectivity index (χ1v) is 6.54. The number of nitrogens with two attached hydrogens (primary N) is 1. The van der Waals surface area contributed by atoms with Gasteiger partial charge < -0.3 is 0 Å². The van der Waals surface area contributed by atoms with E-state index in [1.807, 2.05) is 0 Å². The van der Waals surface area contributed by atoms with Crippen LogP contribution in [0, 0.1) is 11.8 Å². The molecule has 3 nitrogen and oxygen atoms in total. The molecule has 0 aromatic rings. The normalized spacial score (nSPS) is 30.8. The number of rotatable bonds is 2. The van der Waals surface area contributed by atoms with Crippen molar-refractivity contribution < 1.29 is 8.42 Å². The summed E-state index contributed by atoms with van der Waals surface area (Å²) in [5, 5.41) is 4.86. The van der Waals surface area contributed by atoms with Gasteiger partial charge in [-0.15, -0.1) is 0 Å². The van der Waals surface area contributed by atoms with Crippen molar-refractivity contribution in [2.75, 3.05) is 0 Å². The molecule has 2 atom stereocenters. The van der Waals surface area contributed by atoms with Gasteiger partial charge in [0.25, 0.3) is 0 Å². The monoisotopic (exact) mass is 205 g/mol. The van der Waals surface area contributed by atoms with Crippen LogP contribution in [0.5, 0.6) is 0 Å². The van der Waals surface area contributed by atoms with Crippen molar-refractivity contribution in [3.63, 3.8) is 0 Å². The summed E-state index contributed by atoms with van der Waals surface area (Å²) in [6.45, 7) is 4.30. The van der Waals surface area contributed by atoms with Crippen LogP contribution in [0.15, 0.2) is 0 Å². The van der Waals surface area contributed by atoms with E-state index in [2.05, 4.69) is 13.8 Å². The minimum atomic E-state index is -3.29. The quantitative estimate of drug-likeness (QED) is 0.742. The van der Waals surface area contributed by atoms with E-state index in [4.69, 9.17) is 5.14 Å². The van der Waals surface area contributed by atoms with Gasteiger partial charge in [-0.1, -0.05) is 26.7 Å². The fourth-order valence-corrected chi connectivity index (χ4v) is 3.10. The number of sulfonamides is 1. The molecule has 0 heterocycles. The maximum absolute atomic E-state index is 11.1. The molecular formula is C9H19NO2S. The molecule has 0 spiro atoms. The van der Waals surface area contributed by atoms with Crippen molar-refractivity contribution in [2.24, 2.45) is 17.0 Å². The summed E-state index contributed by atoms with van der Waals surface area (Å²) in [6, 6.07) is 0. The zero-order chi connectivity index (χ0) is 10.1. The Kier molecular flexibility index (Phi) is 3.35. The fraction of sp³-hybridized carbons (Fsp3) is 1.00. The van der Waals surface area contributed by atoms with Crippen molar-refractivity contribution in [3.05, 3.63) is 0 Å². The molecule has 0 aliphatic heterocycles. The molecule has 1 aliphatic carbocycles. The molecule has 78 valence electrons. The lowest BCUT2D eigenvalue weighted by Crippen LogP contribution is -2.34. The second-order valence-corrected chi connectivity index (χ2v) is 6.23. The van der Waals surface area contributed by atoms with Crippen molar-refractivity contribution in [3.8, 4) is 0 Å². The lowest BCUT2D eigenvalue weighted by atomic mass is 9.81. The summed E-state index contributed by atoms with van der Waals surface area (Å²) in [6.07, 6.45) is 3.67. The molecule has 0 aromatic heterocycles. The average molecular weight is 205 g/mol. The predicted molar refractivity (Wildman–Crippen MR) is 53.7 cm³/mol. The maximum Gasteiger partial charge on any atom is 0.211 e.